The number of nitrogens with one attached hydrogen (secondary N) is 1. The summed E-state index contributed by atoms with van der Waals surface area (Å²) >= 11 is 0. The second-order valence-electron chi connectivity index (χ2n) is 4.06. The summed E-state index contributed by atoms with van der Waals surface area (Å²) in [7, 11) is 0. The molecule has 0 heterocycles. The lowest BCUT2D eigenvalue weighted by Gasteiger charge is -2.12. The predicted molar refractivity (Wildman–Crippen MR) is 61.2 cm³/mol. The molecule has 1 unspecified atom stereocenters. The zero-order chi connectivity index (χ0) is 11.4. The number of aryl methyl sites for hydroxylation is 2. The molecular weight excluding hydrogens is 191 g/mol. The van der Waals surface area contributed by atoms with Crippen molar-refractivity contribution in [3.63, 3.8) is 0 Å². The molecule has 0 saturated carbocycles. The molecule has 0 aliphatic carbocycles. The number of halogens is 1. The van der Waals surface area contributed by atoms with Crippen LogP contribution in [0.3, 0.4) is 0 Å². The highest BCUT2D eigenvalue weighted by Gasteiger charge is 2.05. The van der Waals surface area contributed by atoms with Crippen LogP contribution in [0, 0.1) is 19.7 Å². The van der Waals surface area contributed by atoms with Crippen LogP contribution in [0.1, 0.15) is 23.6 Å². The van der Waals surface area contributed by atoms with Gasteiger partial charge < -0.3 is 11.1 Å². The van der Waals surface area contributed by atoms with Crippen molar-refractivity contribution >= 4 is 0 Å². The third-order valence-electron chi connectivity index (χ3n) is 2.50. The maximum Gasteiger partial charge on any atom is 0.129 e. The highest BCUT2D eigenvalue weighted by molar-refractivity contribution is 5.30. The van der Waals surface area contributed by atoms with Crippen molar-refractivity contribution < 1.29 is 4.39 Å². The molecule has 0 radical (unpaired) electrons. The van der Waals surface area contributed by atoms with Gasteiger partial charge in [-0.25, -0.2) is 4.39 Å². The van der Waals surface area contributed by atoms with Crippen molar-refractivity contribution in [2.45, 2.75) is 33.4 Å². The van der Waals surface area contributed by atoms with Gasteiger partial charge in [-0.3, -0.25) is 0 Å². The lowest BCUT2D eigenvalue weighted by molar-refractivity contribution is 0.554. The zero-order valence-electron chi connectivity index (χ0n) is 9.60. The topological polar surface area (TPSA) is 38.0 Å². The second kappa shape index (κ2) is 5.24. The Balaban J connectivity index is 2.70. The maximum absolute atomic E-state index is 13.3. The molecular formula is C12H19FN2. The van der Waals surface area contributed by atoms with E-state index in [0.717, 1.165) is 12.1 Å². The third kappa shape index (κ3) is 3.29. The molecule has 2 nitrogen and oxygen atoms in total. The second-order valence-corrected chi connectivity index (χ2v) is 4.06. The van der Waals surface area contributed by atoms with Gasteiger partial charge in [0, 0.05) is 19.1 Å². The number of hydrogen-bond acceptors (Lipinski definition) is 2. The van der Waals surface area contributed by atoms with Gasteiger partial charge in [0.05, 0.1) is 0 Å². The van der Waals surface area contributed by atoms with Gasteiger partial charge in [-0.1, -0.05) is 12.1 Å². The standard InChI is InChI=1S/C12H19FN2/c1-8-4-11(5-9(2)12(8)13)7-15-10(3)6-14/h4-5,10,15H,6-7,14H2,1-3H3. The summed E-state index contributed by atoms with van der Waals surface area (Å²) in [5.74, 6) is -0.106. The Kier molecular flexibility index (Phi) is 4.24. The Hall–Kier alpha value is -0.930. The summed E-state index contributed by atoms with van der Waals surface area (Å²) in [6, 6.07) is 4.03. The number of rotatable bonds is 4. The van der Waals surface area contributed by atoms with Gasteiger partial charge in [0.15, 0.2) is 0 Å². The molecule has 0 bridgehead atoms. The molecule has 0 aromatic heterocycles. The van der Waals surface area contributed by atoms with Gasteiger partial charge in [0.2, 0.25) is 0 Å². The van der Waals surface area contributed by atoms with Crippen molar-refractivity contribution in [3.05, 3.63) is 34.6 Å². The van der Waals surface area contributed by atoms with E-state index in [1.807, 2.05) is 19.1 Å². The summed E-state index contributed by atoms with van der Waals surface area (Å²) in [6.07, 6.45) is 0. The van der Waals surface area contributed by atoms with Crippen LogP contribution in [0.15, 0.2) is 12.1 Å². The van der Waals surface area contributed by atoms with Gasteiger partial charge in [0.25, 0.3) is 0 Å². The molecule has 1 aromatic rings. The lowest BCUT2D eigenvalue weighted by atomic mass is 10.1. The Morgan fingerprint density at radius 1 is 1.33 bits per heavy atom. The first-order chi connectivity index (χ1) is 7.04. The zero-order valence-corrected chi connectivity index (χ0v) is 9.60. The van der Waals surface area contributed by atoms with Gasteiger partial charge in [-0.2, -0.15) is 0 Å². The lowest BCUT2D eigenvalue weighted by Crippen LogP contribution is -2.32. The number of nitrogens with two attached hydrogens (primary N) is 1. The monoisotopic (exact) mass is 210 g/mol. The molecule has 0 aliphatic rings. The van der Waals surface area contributed by atoms with Crippen LogP contribution >= 0.6 is 0 Å². The molecule has 1 aromatic carbocycles. The van der Waals surface area contributed by atoms with Gasteiger partial charge in [-0.05, 0) is 37.5 Å². The summed E-state index contributed by atoms with van der Waals surface area (Å²) in [6.45, 7) is 6.96. The average Bonchev–Trinajstić information content (AvgIpc) is 2.22. The molecule has 3 heteroatoms. The van der Waals surface area contributed by atoms with Crippen LogP contribution < -0.4 is 11.1 Å². The highest BCUT2D eigenvalue weighted by atomic mass is 19.1. The molecule has 3 N–H and O–H groups in total. The smallest absolute Gasteiger partial charge is 0.129 e. The van der Waals surface area contributed by atoms with E-state index in [9.17, 15) is 4.39 Å². The Morgan fingerprint density at radius 3 is 2.33 bits per heavy atom. The molecule has 0 amide bonds. The molecule has 15 heavy (non-hydrogen) atoms. The molecule has 1 rings (SSSR count). The van der Waals surface area contributed by atoms with Crippen molar-refractivity contribution in [1.82, 2.24) is 5.32 Å². The average molecular weight is 210 g/mol. The molecule has 1 atom stereocenters. The first-order valence-electron chi connectivity index (χ1n) is 5.23. The van der Waals surface area contributed by atoms with E-state index in [0.29, 0.717) is 17.7 Å². The van der Waals surface area contributed by atoms with E-state index in [2.05, 4.69) is 5.32 Å². The van der Waals surface area contributed by atoms with Crippen LogP contribution in [0.25, 0.3) is 0 Å². The van der Waals surface area contributed by atoms with E-state index in [1.54, 1.807) is 13.8 Å². The fraction of sp³-hybridized carbons (Fsp3) is 0.500. The first-order valence-corrected chi connectivity index (χ1v) is 5.23. The van der Waals surface area contributed by atoms with Crippen LogP contribution in [0.2, 0.25) is 0 Å². The van der Waals surface area contributed by atoms with E-state index < -0.39 is 0 Å². The van der Waals surface area contributed by atoms with Crippen molar-refractivity contribution in [2.75, 3.05) is 6.54 Å². The molecule has 84 valence electrons. The highest BCUT2D eigenvalue weighted by Crippen LogP contribution is 2.14. The third-order valence-corrected chi connectivity index (χ3v) is 2.50. The molecule has 0 spiro atoms. The fourth-order valence-electron chi connectivity index (χ4n) is 1.51. The van der Waals surface area contributed by atoms with Crippen LogP contribution in [0.4, 0.5) is 4.39 Å². The minimum Gasteiger partial charge on any atom is -0.329 e. The SMILES string of the molecule is Cc1cc(CNC(C)CN)cc(C)c1F. The fourth-order valence-corrected chi connectivity index (χ4v) is 1.51. The summed E-state index contributed by atoms with van der Waals surface area (Å²) in [5, 5.41) is 3.28. The van der Waals surface area contributed by atoms with E-state index in [1.165, 1.54) is 0 Å². The molecule has 0 saturated heterocycles. The van der Waals surface area contributed by atoms with Crippen molar-refractivity contribution in [3.8, 4) is 0 Å². The normalized spacial score (nSPS) is 12.9. The summed E-state index contributed by atoms with van der Waals surface area (Å²) in [4.78, 5) is 0. The van der Waals surface area contributed by atoms with Crippen LogP contribution in [0.5, 0.6) is 0 Å². The summed E-state index contributed by atoms with van der Waals surface area (Å²) < 4.78 is 13.3. The van der Waals surface area contributed by atoms with Crippen LogP contribution in [-0.4, -0.2) is 12.6 Å². The van der Waals surface area contributed by atoms with Crippen molar-refractivity contribution in [1.29, 1.82) is 0 Å². The maximum atomic E-state index is 13.3. The Bertz CT molecular complexity index is 313. The van der Waals surface area contributed by atoms with Crippen molar-refractivity contribution in [2.24, 2.45) is 5.73 Å². The summed E-state index contributed by atoms with van der Waals surface area (Å²) in [5.41, 5.74) is 8.00. The van der Waals surface area contributed by atoms with Crippen LogP contribution in [-0.2, 0) is 6.54 Å². The van der Waals surface area contributed by atoms with E-state index >= 15 is 0 Å². The van der Waals surface area contributed by atoms with E-state index in [-0.39, 0.29) is 11.9 Å². The van der Waals surface area contributed by atoms with Gasteiger partial charge in [-0.15, -0.1) is 0 Å². The van der Waals surface area contributed by atoms with Gasteiger partial charge in [0.1, 0.15) is 5.82 Å². The molecule has 0 fully saturated rings. The van der Waals surface area contributed by atoms with E-state index in [4.69, 9.17) is 5.73 Å². The quantitative estimate of drug-likeness (QED) is 0.796. The first kappa shape index (κ1) is 12.1. The predicted octanol–water partition coefficient (Wildman–Crippen LogP) is 1.88. The minimum absolute atomic E-state index is 0.106. The number of benzene rings is 1. The minimum atomic E-state index is -0.106. The van der Waals surface area contributed by atoms with Gasteiger partial charge >= 0.3 is 0 Å². The Morgan fingerprint density at radius 2 is 1.87 bits per heavy atom. The Labute approximate surface area is 90.7 Å². The number of hydrogen-bond donors (Lipinski definition) is 2. The molecule has 0 aliphatic heterocycles. The largest absolute Gasteiger partial charge is 0.329 e.